The second-order valence-corrected chi connectivity index (χ2v) is 10.6. The minimum atomic E-state index is -0.985. The third kappa shape index (κ3) is 9.82. The fraction of sp³-hybridized carbons (Fsp3) is 0.382. The summed E-state index contributed by atoms with van der Waals surface area (Å²) in [4.78, 5) is 40.9. The van der Waals surface area contributed by atoms with E-state index in [0.29, 0.717) is 31.8 Å². The Bertz CT molecular complexity index is 1410. The molecule has 0 saturated heterocycles. The number of nitrogens with one attached hydrogen (secondary N) is 2. The smallest absolute Gasteiger partial charge is 0.253 e. The van der Waals surface area contributed by atoms with Gasteiger partial charge in [0.2, 0.25) is 5.91 Å². The highest BCUT2D eigenvalue weighted by Gasteiger charge is 2.25. The van der Waals surface area contributed by atoms with E-state index in [4.69, 9.17) is 15.2 Å². The maximum Gasteiger partial charge on any atom is 0.253 e. The highest BCUT2D eigenvalue weighted by Crippen LogP contribution is 2.18. The molecule has 0 fully saturated rings. The van der Waals surface area contributed by atoms with E-state index in [1.807, 2.05) is 62.4 Å². The molecule has 2 atom stereocenters. The summed E-state index contributed by atoms with van der Waals surface area (Å²) in [6, 6.07) is 18.5. The van der Waals surface area contributed by atoms with Crippen LogP contribution in [0.4, 0.5) is 0 Å². The number of benzene rings is 3. The number of nitrogens with two attached hydrogens (primary N) is 1. The van der Waals surface area contributed by atoms with Gasteiger partial charge in [-0.1, -0.05) is 38.1 Å². The number of hydrogen-bond acceptors (Lipinski definition) is 7. The molecule has 0 aliphatic heterocycles. The molecule has 0 aliphatic rings. The molecule has 3 aromatic rings. The van der Waals surface area contributed by atoms with Crippen LogP contribution in [0, 0.1) is 0 Å². The van der Waals surface area contributed by atoms with Crippen molar-refractivity contribution in [2.24, 2.45) is 5.73 Å². The van der Waals surface area contributed by atoms with Gasteiger partial charge in [-0.25, -0.2) is 0 Å². The topological polar surface area (TPSA) is 143 Å². The van der Waals surface area contributed by atoms with Crippen LogP contribution < -0.4 is 25.8 Å². The zero-order chi connectivity index (χ0) is 32.1. The Labute approximate surface area is 259 Å². The Balaban J connectivity index is 1.86. The largest absolute Gasteiger partial charge is 0.497 e. The summed E-state index contributed by atoms with van der Waals surface area (Å²) in [5.74, 6) is -0.184. The Morgan fingerprint density at radius 2 is 1.41 bits per heavy atom. The highest BCUT2D eigenvalue weighted by molar-refractivity contribution is 6.04. The Kier molecular flexibility index (Phi) is 13.2. The van der Waals surface area contributed by atoms with Crippen LogP contribution >= 0.6 is 0 Å². The summed E-state index contributed by atoms with van der Waals surface area (Å²) in [5, 5.41) is 17.5. The Morgan fingerprint density at radius 3 is 2.00 bits per heavy atom. The van der Waals surface area contributed by atoms with Gasteiger partial charge in [-0.3, -0.25) is 14.4 Å². The molecule has 0 unspecified atom stereocenters. The number of rotatable bonds is 17. The Hall–Kier alpha value is -4.41. The van der Waals surface area contributed by atoms with Crippen molar-refractivity contribution in [2.45, 2.75) is 51.8 Å². The van der Waals surface area contributed by atoms with Crippen molar-refractivity contribution in [2.75, 3.05) is 33.9 Å². The SMILES string of the molecule is CCCN(CCC)C(=O)c1cc(C(N)=O)cc(C(=O)N[C@@H](Cc2cccc(OC)c2)[C@H](O)CNCc2cccc(OC)c2)c1. The second-order valence-electron chi connectivity index (χ2n) is 10.6. The molecule has 3 amide bonds. The fourth-order valence-corrected chi connectivity index (χ4v) is 4.94. The average molecular weight is 605 g/mol. The molecule has 0 radical (unpaired) electrons. The van der Waals surface area contributed by atoms with Gasteiger partial charge < -0.3 is 35.8 Å². The van der Waals surface area contributed by atoms with E-state index in [1.165, 1.54) is 18.2 Å². The lowest BCUT2D eigenvalue weighted by Crippen LogP contribution is -2.48. The first-order valence-electron chi connectivity index (χ1n) is 14.9. The monoisotopic (exact) mass is 604 g/mol. The first kappa shape index (κ1) is 34.1. The third-order valence-electron chi connectivity index (χ3n) is 7.19. The van der Waals surface area contributed by atoms with Crippen molar-refractivity contribution in [3.05, 3.63) is 94.5 Å². The van der Waals surface area contributed by atoms with E-state index in [1.54, 1.807) is 19.1 Å². The van der Waals surface area contributed by atoms with E-state index in [-0.39, 0.29) is 29.1 Å². The molecule has 10 heteroatoms. The van der Waals surface area contributed by atoms with Crippen LogP contribution in [-0.2, 0) is 13.0 Å². The van der Waals surface area contributed by atoms with Crippen molar-refractivity contribution in [3.63, 3.8) is 0 Å². The standard InChI is InChI=1S/C34H44N4O6/c1-5-13-38(14-6-2)34(42)27-19-25(32(35)40)18-26(20-27)33(41)37-30(17-23-9-7-11-28(15-23)43-3)31(39)22-36-21-24-10-8-12-29(16-24)44-4/h7-12,15-16,18-20,30-31,36,39H,5-6,13-14,17,21-22H2,1-4H3,(H2,35,40)(H,37,41)/t30-,31+/m0/s1. The number of carbonyl (C=O) groups is 3. The number of primary amides is 1. The fourth-order valence-electron chi connectivity index (χ4n) is 4.94. The first-order chi connectivity index (χ1) is 21.2. The molecule has 0 spiro atoms. The van der Waals surface area contributed by atoms with Crippen molar-refractivity contribution >= 4 is 17.7 Å². The lowest BCUT2D eigenvalue weighted by atomic mass is 9.99. The van der Waals surface area contributed by atoms with Gasteiger partial charge in [-0.15, -0.1) is 0 Å². The quantitative estimate of drug-likeness (QED) is 0.185. The zero-order valence-electron chi connectivity index (χ0n) is 26.0. The van der Waals surface area contributed by atoms with E-state index < -0.39 is 24.0 Å². The first-order valence-corrected chi connectivity index (χ1v) is 14.9. The molecule has 0 bridgehead atoms. The molecule has 0 aromatic heterocycles. The van der Waals surface area contributed by atoms with E-state index in [2.05, 4.69) is 10.6 Å². The molecule has 0 aliphatic carbocycles. The molecular formula is C34H44N4O6. The number of amides is 3. The summed E-state index contributed by atoms with van der Waals surface area (Å²) in [7, 11) is 3.18. The van der Waals surface area contributed by atoms with Crippen LogP contribution in [-0.4, -0.2) is 73.7 Å². The predicted octanol–water partition coefficient (Wildman–Crippen LogP) is 3.56. The number of aliphatic hydroxyl groups excluding tert-OH is 1. The molecule has 44 heavy (non-hydrogen) atoms. The number of hydrogen-bond donors (Lipinski definition) is 4. The second kappa shape index (κ2) is 17.0. The van der Waals surface area contributed by atoms with Crippen LogP contribution in [0.25, 0.3) is 0 Å². The van der Waals surface area contributed by atoms with Gasteiger partial charge in [-0.05, 0) is 72.9 Å². The number of methoxy groups -OCH3 is 2. The van der Waals surface area contributed by atoms with Gasteiger partial charge in [0, 0.05) is 42.9 Å². The lowest BCUT2D eigenvalue weighted by molar-refractivity contribution is 0.0755. The summed E-state index contributed by atoms with van der Waals surface area (Å²) in [6.07, 6.45) is 0.850. The maximum atomic E-state index is 13.7. The molecule has 236 valence electrons. The van der Waals surface area contributed by atoms with Crippen LogP contribution in [0.3, 0.4) is 0 Å². The zero-order valence-corrected chi connectivity index (χ0v) is 26.0. The normalized spacial score (nSPS) is 12.2. The van der Waals surface area contributed by atoms with Crippen LogP contribution in [0.5, 0.6) is 11.5 Å². The van der Waals surface area contributed by atoms with E-state index >= 15 is 0 Å². The minimum absolute atomic E-state index is 0.0544. The maximum absolute atomic E-state index is 13.7. The molecular weight excluding hydrogens is 560 g/mol. The van der Waals surface area contributed by atoms with Crippen LogP contribution in [0.2, 0.25) is 0 Å². The van der Waals surface area contributed by atoms with Gasteiger partial charge in [0.15, 0.2) is 0 Å². The van der Waals surface area contributed by atoms with Crippen molar-refractivity contribution in [1.82, 2.24) is 15.5 Å². The van der Waals surface area contributed by atoms with Gasteiger partial charge >= 0.3 is 0 Å². The van der Waals surface area contributed by atoms with E-state index in [9.17, 15) is 19.5 Å². The number of ether oxygens (including phenoxy) is 2. The van der Waals surface area contributed by atoms with Gasteiger partial charge in [0.25, 0.3) is 11.8 Å². The van der Waals surface area contributed by atoms with Crippen LogP contribution in [0.1, 0.15) is 68.9 Å². The van der Waals surface area contributed by atoms with Gasteiger partial charge in [0.05, 0.1) is 26.4 Å². The predicted molar refractivity (Wildman–Crippen MR) is 170 cm³/mol. The minimum Gasteiger partial charge on any atom is -0.497 e. The molecule has 0 saturated carbocycles. The summed E-state index contributed by atoms with van der Waals surface area (Å²) < 4.78 is 10.6. The molecule has 10 nitrogen and oxygen atoms in total. The van der Waals surface area contributed by atoms with Gasteiger partial charge in [-0.2, -0.15) is 0 Å². The molecule has 3 aromatic carbocycles. The number of nitrogens with zero attached hydrogens (tertiary/aromatic N) is 1. The molecule has 5 N–H and O–H groups in total. The average Bonchev–Trinajstić information content (AvgIpc) is 3.03. The number of aliphatic hydroxyl groups is 1. The Morgan fingerprint density at radius 1 is 0.841 bits per heavy atom. The molecule has 0 heterocycles. The summed E-state index contributed by atoms with van der Waals surface area (Å²) in [6.45, 7) is 5.72. The third-order valence-corrected chi connectivity index (χ3v) is 7.19. The molecule has 3 rings (SSSR count). The van der Waals surface area contributed by atoms with E-state index in [0.717, 1.165) is 29.7 Å². The van der Waals surface area contributed by atoms with Crippen molar-refractivity contribution < 1.29 is 29.0 Å². The van der Waals surface area contributed by atoms with Crippen molar-refractivity contribution in [1.29, 1.82) is 0 Å². The van der Waals surface area contributed by atoms with Gasteiger partial charge in [0.1, 0.15) is 11.5 Å². The number of carbonyl (C=O) groups excluding carboxylic acids is 3. The summed E-state index contributed by atoms with van der Waals surface area (Å²) >= 11 is 0. The van der Waals surface area contributed by atoms with Crippen LogP contribution in [0.15, 0.2) is 66.7 Å². The lowest BCUT2D eigenvalue weighted by Gasteiger charge is -2.25. The van der Waals surface area contributed by atoms with Crippen molar-refractivity contribution in [3.8, 4) is 11.5 Å². The highest BCUT2D eigenvalue weighted by atomic mass is 16.5. The summed E-state index contributed by atoms with van der Waals surface area (Å²) in [5.41, 5.74) is 7.77.